The second-order valence-electron chi connectivity index (χ2n) is 3.86. The van der Waals surface area contributed by atoms with E-state index in [4.69, 9.17) is 5.73 Å². The van der Waals surface area contributed by atoms with Gasteiger partial charge in [0.2, 0.25) is 5.95 Å². The molecule has 0 unspecified atom stereocenters. The van der Waals surface area contributed by atoms with Crippen molar-refractivity contribution in [1.29, 1.82) is 0 Å². The molecule has 0 spiro atoms. The second kappa shape index (κ2) is 4.81. The van der Waals surface area contributed by atoms with E-state index in [9.17, 15) is 0 Å². The van der Waals surface area contributed by atoms with Gasteiger partial charge in [0, 0.05) is 29.4 Å². The monoisotopic (exact) mass is 224 g/mol. The zero-order chi connectivity index (χ0) is 10.7. The first-order valence-corrected chi connectivity index (χ1v) is 6.38. The fourth-order valence-electron chi connectivity index (χ4n) is 1.83. The molecule has 1 saturated carbocycles. The van der Waals surface area contributed by atoms with Gasteiger partial charge >= 0.3 is 0 Å². The highest BCUT2D eigenvalue weighted by molar-refractivity contribution is 7.98. The standard InChI is InChI=1S/C10H16N4S/c1-15-9-5-12-10(13-6-9)14-8-3-2-7(11)4-8/h5-8H,2-4,11H2,1H3,(H,12,13,14)/t7-,8-/m1/s1. The normalized spacial score (nSPS) is 25.5. The van der Waals surface area contributed by atoms with Crippen molar-refractivity contribution in [1.82, 2.24) is 9.97 Å². The highest BCUT2D eigenvalue weighted by Gasteiger charge is 2.21. The number of thioether (sulfide) groups is 1. The van der Waals surface area contributed by atoms with Crippen LogP contribution in [0.25, 0.3) is 0 Å². The minimum atomic E-state index is 0.341. The van der Waals surface area contributed by atoms with E-state index in [0.717, 1.165) is 24.2 Å². The van der Waals surface area contributed by atoms with Crippen molar-refractivity contribution in [3.63, 3.8) is 0 Å². The number of anilines is 1. The lowest BCUT2D eigenvalue weighted by Crippen LogP contribution is -2.21. The molecule has 1 aromatic rings. The van der Waals surface area contributed by atoms with Gasteiger partial charge in [-0.2, -0.15) is 0 Å². The van der Waals surface area contributed by atoms with Gasteiger partial charge < -0.3 is 11.1 Å². The summed E-state index contributed by atoms with van der Waals surface area (Å²) in [5, 5.41) is 3.31. The van der Waals surface area contributed by atoms with Gasteiger partial charge in [-0.15, -0.1) is 11.8 Å². The summed E-state index contributed by atoms with van der Waals surface area (Å²) in [5.41, 5.74) is 5.84. The van der Waals surface area contributed by atoms with Crippen LogP contribution in [0.2, 0.25) is 0 Å². The van der Waals surface area contributed by atoms with Crippen LogP contribution in [-0.2, 0) is 0 Å². The van der Waals surface area contributed by atoms with Crippen molar-refractivity contribution in [2.75, 3.05) is 11.6 Å². The van der Waals surface area contributed by atoms with Crippen LogP contribution in [-0.4, -0.2) is 28.3 Å². The van der Waals surface area contributed by atoms with E-state index in [1.807, 2.05) is 18.6 Å². The SMILES string of the molecule is CSc1cnc(N[C@@H]2CC[C@@H](N)C2)nc1. The molecule has 0 bridgehead atoms. The first kappa shape index (κ1) is 10.7. The Balaban J connectivity index is 1.93. The maximum Gasteiger partial charge on any atom is 0.222 e. The van der Waals surface area contributed by atoms with Crippen LogP contribution in [0.15, 0.2) is 17.3 Å². The number of nitrogens with one attached hydrogen (secondary N) is 1. The van der Waals surface area contributed by atoms with Crippen LogP contribution >= 0.6 is 11.8 Å². The lowest BCUT2D eigenvalue weighted by atomic mass is 10.2. The molecule has 0 saturated heterocycles. The maximum absolute atomic E-state index is 5.84. The van der Waals surface area contributed by atoms with Gasteiger partial charge in [-0.3, -0.25) is 0 Å². The van der Waals surface area contributed by atoms with Crippen LogP contribution in [0, 0.1) is 0 Å². The first-order chi connectivity index (χ1) is 7.28. The molecule has 5 heteroatoms. The Kier molecular flexibility index (Phi) is 3.43. The summed E-state index contributed by atoms with van der Waals surface area (Å²) in [6.07, 6.45) is 8.94. The van der Waals surface area contributed by atoms with E-state index in [0.29, 0.717) is 18.0 Å². The molecule has 0 radical (unpaired) electrons. The summed E-state index contributed by atoms with van der Waals surface area (Å²) < 4.78 is 0. The van der Waals surface area contributed by atoms with E-state index in [1.165, 1.54) is 0 Å². The number of nitrogens with two attached hydrogens (primary N) is 1. The molecule has 1 fully saturated rings. The summed E-state index contributed by atoms with van der Waals surface area (Å²) >= 11 is 1.65. The van der Waals surface area contributed by atoms with E-state index in [1.54, 1.807) is 11.8 Å². The van der Waals surface area contributed by atoms with Gasteiger partial charge in [0.25, 0.3) is 0 Å². The van der Waals surface area contributed by atoms with Gasteiger partial charge in [-0.05, 0) is 25.5 Å². The molecule has 2 atom stereocenters. The topological polar surface area (TPSA) is 63.8 Å². The molecular formula is C10H16N4S. The molecule has 0 amide bonds. The molecule has 1 aliphatic carbocycles. The minimum absolute atomic E-state index is 0.341. The van der Waals surface area contributed by atoms with E-state index < -0.39 is 0 Å². The van der Waals surface area contributed by atoms with Gasteiger partial charge in [0.1, 0.15) is 0 Å². The van der Waals surface area contributed by atoms with Crippen molar-refractivity contribution in [3.05, 3.63) is 12.4 Å². The number of nitrogens with zero attached hydrogens (tertiary/aromatic N) is 2. The molecule has 0 aromatic carbocycles. The van der Waals surface area contributed by atoms with E-state index >= 15 is 0 Å². The first-order valence-electron chi connectivity index (χ1n) is 5.16. The minimum Gasteiger partial charge on any atom is -0.351 e. The molecule has 82 valence electrons. The second-order valence-corrected chi connectivity index (χ2v) is 4.74. The molecule has 15 heavy (non-hydrogen) atoms. The van der Waals surface area contributed by atoms with Crippen LogP contribution in [0.4, 0.5) is 5.95 Å². The Morgan fingerprint density at radius 3 is 2.67 bits per heavy atom. The third-order valence-electron chi connectivity index (χ3n) is 2.67. The molecule has 2 rings (SSSR count). The van der Waals surface area contributed by atoms with Crippen LogP contribution in [0.5, 0.6) is 0 Å². The number of aromatic nitrogens is 2. The Labute approximate surface area is 94.1 Å². The quantitative estimate of drug-likeness (QED) is 0.762. The van der Waals surface area contributed by atoms with Crippen molar-refractivity contribution in [2.24, 2.45) is 5.73 Å². The Hall–Kier alpha value is -0.810. The zero-order valence-electron chi connectivity index (χ0n) is 8.81. The largest absolute Gasteiger partial charge is 0.351 e. The van der Waals surface area contributed by atoms with Crippen LogP contribution in [0.3, 0.4) is 0 Å². The molecule has 1 aliphatic rings. The maximum atomic E-state index is 5.84. The molecular weight excluding hydrogens is 208 g/mol. The van der Waals surface area contributed by atoms with Crippen molar-refractivity contribution < 1.29 is 0 Å². The predicted octanol–water partition coefficient (Wildman–Crippen LogP) is 1.49. The average Bonchev–Trinajstić information content (AvgIpc) is 2.65. The van der Waals surface area contributed by atoms with E-state index in [2.05, 4.69) is 15.3 Å². The Morgan fingerprint density at radius 2 is 2.13 bits per heavy atom. The van der Waals surface area contributed by atoms with Crippen LogP contribution in [0.1, 0.15) is 19.3 Å². The lowest BCUT2D eigenvalue weighted by Gasteiger charge is -2.11. The zero-order valence-corrected chi connectivity index (χ0v) is 9.63. The highest BCUT2D eigenvalue weighted by Crippen LogP contribution is 2.20. The lowest BCUT2D eigenvalue weighted by molar-refractivity contribution is 0.684. The number of hydrogen-bond donors (Lipinski definition) is 2. The summed E-state index contributed by atoms with van der Waals surface area (Å²) in [7, 11) is 0. The van der Waals surface area contributed by atoms with Gasteiger partial charge in [0.05, 0.1) is 0 Å². The molecule has 1 heterocycles. The highest BCUT2D eigenvalue weighted by atomic mass is 32.2. The van der Waals surface area contributed by atoms with Crippen molar-refractivity contribution >= 4 is 17.7 Å². The summed E-state index contributed by atoms with van der Waals surface area (Å²) in [6, 6.07) is 0.785. The molecule has 0 aliphatic heterocycles. The van der Waals surface area contributed by atoms with Crippen molar-refractivity contribution in [2.45, 2.75) is 36.2 Å². The third-order valence-corrected chi connectivity index (χ3v) is 3.35. The van der Waals surface area contributed by atoms with Crippen molar-refractivity contribution in [3.8, 4) is 0 Å². The summed E-state index contributed by atoms with van der Waals surface area (Å²) in [6.45, 7) is 0. The Morgan fingerprint density at radius 1 is 1.40 bits per heavy atom. The molecule has 1 aromatic heterocycles. The fraction of sp³-hybridized carbons (Fsp3) is 0.600. The number of hydrogen-bond acceptors (Lipinski definition) is 5. The fourth-order valence-corrected chi connectivity index (χ4v) is 2.14. The number of rotatable bonds is 3. The third kappa shape index (κ3) is 2.82. The Bertz CT molecular complexity index is 314. The van der Waals surface area contributed by atoms with Gasteiger partial charge in [-0.1, -0.05) is 0 Å². The van der Waals surface area contributed by atoms with E-state index in [-0.39, 0.29) is 0 Å². The van der Waals surface area contributed by atoms with Gasteiger partial charge in [0.15, 0.2) is 0 Å². The molecule has 3 N–H and O–H groups in total. The van der Waals surface area contributed by atoms with Gasteiger partial charge in [-0.25, -0.2) is 9.97 Å². The summed E-state index contributed by atoms with van der Waals surface area (Å²) in [4.78, 5) is 9.60. The molecule has 4 nitrogen and oxygen atoms in total. The predicted molar refractivity (Wildman–Crippen MR) is 63.1 cm³/mol. The smallest absolute Gasteiger partial charge is 0.222 e. The van der Waals surface area contributed by atoms with Crippen LogP contribution < -0.4 is 11.1 Å². The summed E-state index contributed by atoms with van der Waals surface area (Å²) in [5.74, 6) is 0.715. The average molecular weight is 224 g/mol.